The van der Waals surface area contributed by atoms with Crippen LogP contribution in [0.3, 0.4) is 0 Å². The number of rotatable bonds is 4. The van der Waals surface area contributed by atoms with Crippen LogP contribution in [-0.4, -0.2) is 45.4 Å². The van der Waals surface area contributed by atoms with Crippen LogP contribution in [0.15, 0.2) is 48.7 Å². The molecule has 9 heteroatoms. The Balaban J connectivity index is 1.61. The summed E-state index contributed by atoms with van der Waals surface area (Å²) in [4.78, 5) is 27.6. The molecule has 1 aliphatic rings. The zero-order valence-corrected chi connectivity index (χ0v) is 21.6. The Morgan fingerprint density at radius 1 is 1.11 bits per heavy atom. The number of carbonyl (C=O) groups is 2. The normalized spacial score (nSPS) is 14.6. The molecule has 0 aliphatic carbocycles. The number of ether oxygens (including phenoxy) is 1. The minimum absolute atomic E-state index is 0.0430. The SMILES string of the molecule is Cc1ccc(NC(=O)c2cnn(-c3ccc(F)cc3)c2C2CCN(C(=O)OC(C)(C)C)CC2)cc1Cl. The van der Waals surface area contributed by atoms with Crippen molar-refractivity contribution >= 4 is 29.3 Å². The van der Waals surface area contributed by atoms with E-state index >= 15 is 0 Å². The highest BCUT2D eigenvalue weighted by Gasteiger charge is 2.32. The molecule has 0 radical (unpaired) electrons. The number of hydrogen-bond donors (Lipinski definition) is 1. The second-order valence-corrected chi connectivity index (χ2v) is 10.4. The van der Waals surface area contributed by atoms with E-state index in [0.717, 1.165) is 11.3 Å². The van der Waals surface area contributed by atoms with Crippen molar-refractivity contribution in [2.75, 3.05) is 18.4 Å². The second kappa shape index (κ2) is 10.3. The Morgan fingerprint density at radius 2 is 1.78 bits per heavy atom. The summed E-state index contributed by atoms with van der Waals surface area (Å²) < 4.78 is 20.8. The Morgan fingerprint density at radius 3 is 2.39 bits per heavy atom. The average Bonchev–Trinajstić information content (AvgIpc) is 3.26. The average molecular weight is 513 g/mol. The van der Waals surface area contributed by atoms with Gasteiger partial charge in [-0.15, -0.1) is 0 Å². The molecule has 2 heterocycles. The van der Waals surface area contributed by atoms with E-state index in [1.807, 2.05) is 33.8 Å². The lowest BCUT2D eigenvalue weighted by molar-refractivity contribution is 0.0203. The molecule has 0 unspecified atom stereocenters. The molecule has 0 saturated carbocycles. The lowest BCUT2D eigenvalue weighted by atomic mass is 9.90. The zero-order chi connectivity index (χ0) is 26.0. The number of amides is 2. The molecule has 190 valence electrons. The molecular formula is C27H30ClFN4O3. The lowest BCUT2D eigenvalue weighted by Crippen LogP contribution is -2.41. The zero-order valence-electron chi connectivity index (χ0n) is 20.8. The summed E-state index contributed by atoms with van der Waals surface area (Å²) in [5.41, 5.74) is 2.72. The van der Waals surface area contributed by atoms with Crippen molar-refractivity contribution in [1.82, 2.24) is 14.7 Å². The van der Waals surface area contributed by atoms with Gasteiger partial charge in [0.25, 0.3) is 5.91 Å². The Kier molecular flexibility index (Phi) is 7.36. The van der Waals surface area contributed by atoms with E-state index in [2.05, 4.69) is 10.4 Å². The number of halogens is 2. The van der Waals surface area contributed by atoms with Crippen LogP contribution in [-0.2, 0) is 4.74 Å². The highest BCUT2D eigenvalue weighted by Crippen LogP contribution is 2.33. The molecule has 36 heavy (non-hydrogen) atoms. The maximum Gasteiger partial charge on any atom is 0.410 e. The van der Waals surface area contributed by atoms with Crippen molar-refractivity contribution in [3.05, 3.63) is 76.3 Å². The predicted octanol–water partition coefficient (Wildman–Crippen LogP) is 6.34. The van der Waals surface area contributed by atoms with Gasteiger partial charge in [0.05, 0.1) is 23.1 Å². The lowest BCUT2D eigenvalue weighted by Gasteiger charge is -2.34. The summed E-state index contributed by atoms with van der Waals surface area (Å²) in [5.74, 6) is -0.709. The van der Waals surface area contributed by atoms with Crippen LogP contribution >= 0.6 is 11.6 Å². The number of aryl methyl sites for hydroxylation is 1. The first kappa shape index (κ1) is 25.7. The number of aromatic nitrogens is 2. The van der Waals surface area contributed by atoms with Gasteiger partial charge in [0.15, 0.2) is 0 Å². The number of anilines is 1. The molecule has 0 atom stereocenters. The van der Waals surface area contributed by atoms with Crippen LogP contribution in [0.1, 0.15) is 61.1 Å². The van der Waals surface area contributed by atoms with Gasteiger partial charge in [-0.3, -0.25) is 4.79 Å². The van der Waals surface area contributed by atoms with Crippen molar-refractivity contribution in [1.29, 1.82) is 0 Å². The molecule has 1 aliphatic heterocycles. The number of hydrogen-bond acceptors (Lipinski definition) is 4. The van der Waals surface area contributed by atoms with Crippen molar-refractivity contribution in [2.24, 2.45) is 0 Å². The van der Waals surface area contributed by atoms with Crippen LogP contribution in [0.2, 0.25) is 5.02 Å². The topological polar surface area (TPSA) is 76.5 Å². The van der Waals surface area contributed by atoms with Gasteiger partial charge in [0.1, 0.15) is 11.4 Å². The molecule has 0 bridgehead atoms. The van der Waals surface area contributed by atoms with Crippen molar-refractivity contribution in [3.63, 3.8) is 0 Å². The first-order valence-electron chi connectivity index (χ1n) is 11.9. The van der Waals surface area contributed by atoms with Crippen LogP contribution in [0.25, 0.3) is 5.69 Å². The molecule has 1 saturated heterocycles. The smallest absolute Gasteiger partial charge is 0.410 e. The largest absolute Gasteiger partial charge is 0.444 e. The van der Waals surface area contributed by atoms with Crippen molar-refractivity contribution in [2.45, 2.75) is 52.1 Å². The molecule has 0 spiro atoms. The molecule has 4 rings (SSSR count). The summed E-state index contributed by atoms with van der Waals surface area (Å²) in [6.07, 6.45) is 2.44. The van der Waals surface area contributed by atoms with Gasteiger partial charge in [-0.25, -0.2) is 13.9 Å². The van der Waals surface area contributed by atoms with E-state index in [-0.39, 0.29) is 23.7 Å². The van der Waals surface area contributed by atoms with E-state index in [1.165, 1.54) is 18.3 Å². The molecule has 1 aromatic heterocycles. The minimum Gasteiger partial charge on any atom is -0.444 e. The highest BCUT2D eigenvalue weighted by atomic mass is 35.5. The van der Waals surface area contributed by atoms with Crippen molar-refractivity contribution in [3.8, 4) is 5.69 Å². The Hall–Kier alpha value is -3.39. The standard InChI is InChI=1S/C27H30ClFN4O3/c1-17-5-8-20(15-23(17)28)31-25(34)22-16-30-33(21-9-6-19(29)7-10-21)24(22)18-11-13-32(14-12-18)26(35)36-27(2,3)4/h5-10,15-16,18H,11-14H2,1-4H3,(H,31,34). The first-order chi connectivity index (χ1) is 17.0. The van der Waals surface area contributed by atoms with E-state index in [1.54, 1.807) is 33.8 Å². The summed E-state index contributed by atoms with van der Waals surface area (Å²) in [5, 5.41) is 7.96. The van der Waals surface area contributed by atoms with Crippen LogP contribution in [0, 0.1) is 12.7 Å². The third-order valence-electron chi connectivity index (χ3n) is 6.09. The molecule has 2 amide bonds. The third-order valence-corrected chi connectivity index (χ3v) is 6.49. The van der Waals surface area contributed by atoms with Gasteiger partial charge in [0, 0.05) is 29.7 Å². The minimum atomic E-state index is -0.570. The summed E-state index contributed by atoms with van der Waals surface area (Å²) in [7, 11) is 0. The molecular weight excluding hydrogens is 483 g/mol. The third kappa shape index (κ3) is 5.87. The maximum atomic E-state index is 13.6. The fourth-order valence-electron chi connectivity index (χ4n) is 4.24. The van der Waals surface area contributed by atoms with Gasteiger partial charge in [0.2, 0.25) is 0 Å². The van der Waals surface area contributed by atoms with Crippen LogP contribution < -0.4 is 5.32 Å². The monoisotopic (exact) mass is 512 g/mol. The van der Waals surface area contributed by atoms with E-state index < -0.39 is 5.60 Å². The first-order valence-corrected chi connectivity index (χ1v) is 12.3. The number of nitrogens with one attached hydrogen (secondary N) is 1. The summed E-state index contributed by atoms with van der Waals surface area (Å²) in [6.45, 7) is 8.38. The molecule has 1 N–H and O–H groups in total. The molecule has 1 fully saturated rings. The van der Waals surface area contributed by atoms with E-state index in [4.69, 9.17) is 16.3 Å². The molecule has 3 aromatic rings. The van der Waals surface area contributed by atoms with E-state index in [9.17, 15) is 14.0 Å². The maximum absolute atomic E-state index is 13.6. The van der Waals surface area contributed by atoms with E-state index in [0.29, 0.717) is 47.9 Å². The fourth-order valence-corrected chi connectivity index (χ4v) is 4.43. The van der Waals surface area contributed by atoms with Gasteiger partial charge < -0.3 is 15.0 Å². The number of likely N-dealkylation sites (tertiary alicyclic amines) is 1. The highest BCUT2D eigenvalue weighted by molar-refractivity contribution is 6.31. The number of benzene rings is 2. The van der Waals surface area contributed by atoms with Crippen LogP contribution in [0.5, 0.6) is 0 Å². The number of carbonyl (C=O) groups excluding carboxylic acids is 2. The van der Waals surface area contributed by atoms with Gasteiger partial charge in [-0.05, 0) is 82.5 Å². The van der Waals surface area contributed by atoms with Gasteiger partial charge in [-0.1, -0.05) is 17.7 Å². The van der Waals surface area contributed by atoms with Crippen LogP contribution in [0.4, 0.5) is 14.9 Å². The number of nitrogens with zero attached hydrogens (tertiary/aromatic N) is 3. The fraction of sp³-hybridized carbons (Fsp3) is 0.370. The molecule has 7 nitrogen and oxygen atoms in total. The quantitative estimate of drug-likeness (QED) is 0.442. The summed E-state index contributed by atoms with van der Waals surface area (Å²) in [6, 6.07) is 11.3. The van der Waals surface area contributed by atoms with Gasteiger partial charge in [-0.2, -0.15) is 5.10 Å². The van der Waals surface area contributed by atoms with Crippen molar-refractivity contribution < 1.29 is 18.7 Å². The predicted molar refractivity (Wildman–Crippen MR) is 137 cm³/mol. The van der Waals surface area contributed by atoms with Gasteiger partial charge >= 0.3 is 6.09 Å². The number of piperidine rings is 1. The molecule has 2 aromatic carbocycles. The summed E-state index contributed by atoms with van der Waals surface area (Å²) >= 11 is 6.23. The Bertz CT molecular complexity index is 1260. The Labute approximate surface area is 215 Å². The second-order valence-electron chi connectivity index (χ2n) is 9.99.